The lowest BCUT2D eigenvalue weighted by Gasteiger charge is -2.11. The molecule has 1 heterocycles. The number of urea groups is 1. The van der Waals surface area contributed by atoms with Crippen molar-refractivity contribution in [3.63, 3.8) is 0 Å². The van der Waals surface area contributed by atoms with Gasteiger partial charge in [0.2, 0.25) is 0 Å². The van der Waals surface area contributed by atoms with Crippen molar-refractivity contribution in [3.05, 3.63) is 53.1 Å². The Kier molecular flexibility index (Phi) is 4.14. The van der Waals surface area contributed by atoms with Gasteiger partial charge < -0.3 is 16.0 Å². The van der Waals surface area contributed by atoms with E-state index in [1.54, 1.807) is 19.1 Å². The van der Waals surface area contributed by atoms with Gasteiger partial charge in [0.05, 0.1) is 0 Å². The Balaban J connectivity index is 1.72. The van der Waals surface area contributed by atoms with Crippen LogP contribution in [0.25, 0.3) is 0 Å². The van der Waals surface area contributed by atoms with Crippen molar-refractivity contribution >= 4 is 23.1 Å². The second-order valence-corrected chi connectivity index (χ2v) is 5.42. The summed E-state index contributed by atoms with van der Waals surface area (Å²) >= 11 is 0. The molecule has 120 valence electrons. The van der Waals surface area contributed by atoms with Crippen molar-refractivity contribution in [2.75, 3.05) is 22.5 Å². The van der Waals surface area contributed by atoms with E-state index in [0.29, 0.717) is 17.7 Å². The van der Waals surface area contributed by atoms with Crippen LogP contribution in [0.5, 0.6) is 0 Å². The van der Waals surface area contributed by atoms with Crippen molar-refractivity contribution in [2.45, 2.75) is 19.8 Å². The maximum absolute atomic E-state index is 13.9. The number of hydrogen-bond donors (Lipinski definition) is 3. The third-order valence-electron chi connectivity index (χ3n) is 3.83. The number of halogens is 2. The van der Waals surface area contributed by atoms with Gasteiger partial charge in [0.15, 0.2) is 0 Å². The standard InChI is InChI=1S/C17H17F2N3O/c1-2-10-7-13(18)16(14(19)8-10)22-17(23)21-12-4-3-11-5-6-20-15(11)9-12/h3-4,7-9,20H,2,5-6H2,1H3,(H2,21,22,23). The predicted molar refractivity (Wildman–Crippen MR) is 87.0 cm³/mol. The van der Waals surface area contributed by atoms with Gasteiger partial charge in [0, 0.05) is 17.9 Å². The zero-order valence-corrected chi connectivity index (χ0v) is 12.7. The molecule has 3 rings (SSSR count). The quantitative estimate of drug-likeness (QED) is 0.797. The average molecular weight is 317 g/mol. The van der Waals surface area contributed by atoms with E-state index >= 15 is 0 Å². The topological polar surface area (TPSA) is 53.2 Å². The van der Waals surface area contributed by atoms with Crippen LogP contribution in [0.3, 0.4) is 0 Å². The summed E-state index contributed by atoms with van der Waals surface area (Å²) in [5.74, 6) is -1.57. The van der Waals surface area contributed by atoms with Crippen LogP contribution >= 0.6 is 0 Å². The molecule has 0 aromatic heterocycles. The Labute approximate surface area is 132 Å². The number of hydrogen-bond acceptors (Lipinski definition) is 2. The van der Waals surface area contributed by atoms with E-state index in [1.807, 2.05) is 6.07 Å². The van der Waals surface area contributed by atoms with Crippen molar-refractivity contribution < 1.29 is 13.6 Å². The Morgan fingerprint density at radius 3 is 2.61 bits per heavy atom. The monoisotopic (exact) mass is 317 g/mol. The van der Waals surface area contributed by atoms with E-state index < -0.39 is 23.4 Å². The summed E-state index contributed by atoms with van der Waals surface area (Å²) < 4.78 is 27.8. The van der Waals surface area contributed by atoms with Gasteiger partial charge in [-0.25, -0.2) is 13.6 Å². The summed E-state index contributed by atoms with van der Waals surface area (Å²) in [7, 11) is 0. The third-order valence-corrected chi connectivity index (χ3v) is 3.83. The van der Waals surface area contributed by atoms with Crippen LogP contribution in [-0.2, 0) is 12.8 Å². The number of carbonyl (C=O) groups excluding carboxylic acids is 1. The van der Waals surface area contributed by atoms with Crippen LogP contribution < -0.4 is 16.0 Å². The molecule has 0 bridgehead atoms. The van der Waals surface area contributed by atoms with E-state index in [9.17, 15) is 13.6 Å². The molecule has 23 heavy (non-hydrogen) atoms. The molecule has 1 aliphatic heterocycles. The summed E-state index contributed by atoms with van der Waals surface area (Å²) in [5, 5.41) is 8.01. The lowest BCUT2D eigenvalue weighted by molar-refractivity contribution is 0.262. The van der Waals surface area contributed by atoms with Crippen LogP contribution in [0.4, 0.5) is 30.6 Å². The lowest BCUT2D eigenvalue weighted by atomic mass is 10.1. The zero-order valence-electron chi connectivity index (χ0n) is 12.7. The van der Waals surface area contributed by atoms with E-state index in [-0.39, 0.29) is 0 Å². The Morgan fingerprint density at radius 1 is 1.17 bits per heavy atom. The van der Waals surface area contributed by atoms with Gasteiger partial charge in [-0.05, 0) is 48.2 Å². The molecule has 6 heteroatoms. The fourth-order valence-corrected chi connectivity index (χ4v) is 2.59. The molecule has 0 radical (unpaired) electrons. The van der Waals surface area contributed by atoms with Crippen LogP contribution in [-0.4, -0.2) is 12.6 Å². The summed E-state index contributed by atoms with van der Waals surface area (Å²) in [6.07, 6.45) is 1.46. The van der Waals surface area contributed by atoms with Crippen molar-refractivity contribution in [1.82, 2.24) is 0 Å². The van der Waals surface area contributed by atoms with Crippen LogP contribution in [0.1, 0.15) is 18.1 Å². The number of fused-ring (bicyclic) bond motifs is 1. The minimum atomic E-state index is -0.785. The normalized spacial score (nSPS) is 12.5. The second kappa shape index (κ2) is 6.24. The number of carbonyl (C=O) groups is 1. The highest BCUT2D eigenvalue weighted by atomic mass is 19.1. The Bertz CT molecular complexity index is 738. The molecule has 0 aliphatic carbocycles. The van der Waals surface area contributed by atoms with Gasteiger partial charge in [-0.15, -0.1) is 0 Å². The highest BCUT2D eigenvalue weighted by Gasteiger charge is 2.15. The third kappa shape index (κ3) is 3.26. The minimum Gasteiger partial charge on any atom is -0.384 e. The lowest BCUT2D eigenvalue weighted by Crippen LogP contribution is -2.21. The SMILES string of the molecule is CCc1cc(F)c(NC(=O)Nc2ccc3c(c2)NCC3)c(F)c1. The number of benzene rings is 2. The summed E-state index contributed by atoms with van der Waals surface area (Å²) in [6.45, 7) is 2.67. The van der Waals surface area contributed by atoms with E-state index in [0.717, 1.165) is 18.7 Å². The molecule has 0 fully saturated rings. The van der Waals surface area contributed by atoms with E-state index in [2.05, 4.69) is 16.0 Å². The predicted octanol–water partition coefficient (Wildman–Crippen LogP) is 4.14. The molecule has 0 saturated heterocycles. The highest BCUT2D eigenvalue weighted by Crippen LogP contribution is 2.26. The molecule has 0 atom stereocenters. The van der Waals surface area contributed by atoms with Crippen LogP contribution in [0.2, 0.25) is 0 Å². The van der Waals surface area contributed by atoms with Gasteiger partial charge >= 0.3 is 6.03 Å². The Morgan fingerprint density at radius 2 is 1.91 bits per heavy atom. The smallest absolute Gasteiger partial charge is 0.323 e. The molecule has 2 aromatic carbocycles. The maximum Gasteiger partial charge on any atom is 0.323 e. The molecule has 2 aromatic rings. The number of nitrogens with one attached hydrogen (secondary N) is 3. The van der Waals surface area contributed by atoms with Crippen molar-refractivity contribution in [2.24, 2.45) is 0 Å². The second-order valence-electron chi connectivity index (χ2n) is 5.42. The van der Waals surface area contributed by atoms with Gasteiger partial charge in [0.1, 0.15) is 17.3 Å². The molecular weight excluding hydrogens is 300 g/mol. The van der Waals surface area contributed by atoms with Gasteiger partial charge in [-0.1, -0.05) is 13.0 Å². The van der Waals surface area contributed by atoms with Crippen molar-refractivity contribution in [3.8, 4) is 0 Å². The first kappa shape index (κ1) is 15.3. The Hall–Kier alpha value is -2.63. The van der Waals surface area contributed by atoms with Gasteiger partial charge in [0.25, 0.3) is 0 Å². The number of anilines is 3. The molecule has 0 saturated carbocycles. The molecule has 0 spiro atoms. The van der Waals surface area contributed by atoms with Crippen LogP contribution in [0, 0.1) is 11.6 Å². The van der Waals surface area contributed by atoms with Crippen LogP contribution in [0.15, 0.2) is 30.3 Å². The molecule has 0 unspecified atom stereocenters. The van der Waals surface area contributed by atoms with Gasteiger partial charge in [-0.2, -0.15) is 0 Å². The highest BCUT2D eigenvalue weighted by molar-refractivity contribution is 6.00. The fourth-order valence-electron chi connectivity index (χ4n) is 2.59. The van der Waals surface area contributed by atoms with Gasteiger partial charge in [-0.3, -0.25) is 0 Å². The first-order chi connectivity index (χ1) is 11.1. The first-order valence-corrected chi connectivity index (χ1v) is 7.49. The fraction of sp³-hybridized carbons (Fsp3) is 0.235. The summed E-state index contributed by atoms with van der Waals surface area (Å²) in [5.41, 5.74) is 2.80. The maximum atomic E-state index is 13.9. The van der Waals surface area contributed by atoms with E-state index in [4.69, 9.17) is 0 Å². The van der Waals surface area contributed by atoms with E-state index in [1.165, 1.54) is 17.7 Å². The number of rotatable bonds is 3. The molecule has 3 N–H and O–H groups in total. The first-order valence-electron chi connectivity index (χ1n) is 7.49. The summed E-state index contributed by atoms with van der Waals surface area (Å²) in [6, 6.07) is 7.23. The molecule has 4 nitrogen and oxygen atoms in total. The number of amides is 2. The summed E-state index contributed by atoms with van der Waals surface area (Å²) in [4.78, 5) is 12.0. The van der Waals surface area contributed by atoms with Crippen molar-refractivity contribution in [1.29, 1.82) is 0 Å². The minimum absolute atomic E-state index is 0.445. The molecule has 1 aliphatic rings. The average Bonchev–Trinajstić information content (AvgIpc) is 2.98. The molecular formula is C17H17F2N3O. The molecule has 2 amide bonds. The zero-order chi connectivity index (χ0) is 16.4. The largest absolute Gasteiger partial charge is 0.384 e. The number of aryl methyl sites for hydroxylation is 1.